The van der Waals surface area contributed by atoms with Gasteiger partial charge in [0.25, 0.3) is 10.0 Å². The molecular formula is C20H24ClFN2O2S. The van der Waals surface area contributed by atoms with Crippen molar-refractivity contribution in [3.05, 3.63) is 77.7 Å². The molecule has 0 atom stereocenters. The molecule has 0 fully saturated rings. The van der Waals surface area contributed by atoms with Gasteiger partial charge < -0.3 is 5.73 Å². The zero-order valence-corrected chi connectivity index (χ0v) is 17.1. The SMILES string of the molecule is CCN.Cc1cc(-c2ccc(F)cc2)n(S(=O)(=O)c2ccccc2)c1C.Cl. The molecule has 0 radical (unpaired) electrons. The molecule has 0 aliphatic heterocycles. The number of aromatic nitrogens is 1. The van der Waals surface area contributed by atoms with Crippen LogP contribution in [0.4, 0.5) is 4.39 Å². The van der Waals surface area contributed by atoms with E-state index >= 15 is 0 Å². The fourth-order valence-electron chi connectivity index (χ4n) is 2.54. The van der Waals surface area contributed by atoms with Crippen LogP contribution in [0.3, 0.4) is 0 Å². The fourth-order valence-corrected chi connectivity index (χ4v) is 4.17. The molecule has 1 heterocycles. The second-order valence-electron chi connectivity index (χ2n) is 5.80. The molecule has 0 unspecified atom stereocenters. The van der Waals surface area contributed by atoms with Crippen molar-refractivity contribution in [1.82, 2.24) is 3.97 Å². The lowest BCUT2D eigenvalue weighted by molar-refractivity contribution is 0.587. The molecule has 3 aromatic rings. The first-order valence-electron chi connectivity index (χ1n) is 8.28. The number of nitrogens with zero attached hydrogens (tertiary/aromatic N) is 1. The van der Waals surface area contributed by atoms with Gasteiger partial charge in [0.1, 0.15) is 5.82 Å². The van der Waals surface area contributed by atoms with Crippen LogP contribution in [0.5, 0.6) is 0 Å². The van der Waals surface area contributed by atoms with E-state index in [0.717, 1.165) is 12.1 Å². The van der Waals surface area contributed by atoms with Gasteiger partial charge in [0, 0.05) is 5.69 Å². The number of rotatable bonds is 3. The highest BCUT2D eigenvalue weighted by molar-refractivity contribution is 7.90. The van der Waals surface area contributed by atoms with Crippen LogP contribution in [0, 0.1) is 19.7 Å². The van der Waals surface area contributed by atoms with E-state index in [-0.39, 0.29) is 23.1 Å². The molecule has 2 N–H and O–H groups in total. The maximum Gasteiger partial charge on any atom is 0.268 e. The molecule has 2 aromatic carbocycles. The van der Waals surface area contributed by atoms with Crippen LogP contribution in [-0.4, -0.2) is 18.9 Å². The van der Waals surface area contributed by atoms with Crippen molar-refractivity contribution in [2.24, 2.45) is 5.73 Å². The minimum absolute atomic E-state index is 0. The maximum atomic E-state index is 13.2. The normalized spacial score (nSPS) is 10.6. The van der Waals surface area contributed by atoms with Gasteiger partial charge >= 0.3 is 0 Å². The molecule has 1 aromatic heterocycles. The number of halogens is 2. The Bertz CT molecular complexity index is 969. The van der Waals surface area contributed by atoms with Gasteiger partial charge in [0.2, 0.25) is 0 Å². The number of hydrogen-bond acceptors (Lipinski definition) is 3. The van der Waals surface area contributed by atoms with Crippen LogP contribution < -0.4 is 5.73 Å². The molecule has 0 bridgehead atoms. The lowest BCUT2D eigenvalue weighted by atomic mass is 10.1. The van der Waals surface area contributed by atoms with E-state index in [0.29, 0.717) is 17.0 Å². The van der Waals surface area contributed by atoms with Crippen molar-refractivity contribution in [2.45, 2.75) is 25.7 Å². The highest BCUT2D eigenvalue weighted by Gasteiger charge is 2.23. The highest BCUT2D eigenvalue weighted by Crippen LogP contribution is 2.30. The van der Waals surface area contributed by atoms with Crippen molar-refractivity contribution in [2.75, 3.05) is 6.54 Å². The second kappa shape index (κ2) is 9.69. The standard InChI is InChI=1S/C18H16FNO2S.C2H7N.ClH/c1-13-12-18(15-8-10-16(19)11-9-15)20(14(13)2)23(21,22)17-6-4-3-5-7-17;1-2-3;/h3-12H,1-2H3;2-3H2,1H3;1H. The Morgan fingerprint density at radius 1 is 1.00 bits per heavy atom. The highest BCUT2D eigenvalue weighted by atomic mass is 35.5. The first-order chi connectivity index (χ1) is 12.3. The summed E-state index contributed by atoms with van der Waals surface area (Å²) >= 11 is 0. The van der Waals surface area contributed by atoms with Crippen LogP contribution in [0.1, 0.15) is 18.2 Å². The minimum atomic E-state index is -3.71. The minimum Gasteiger partial charge on any atom is -0.331 e. The summed E-state index contributed by atoms with van der Waals surface area (Å²) in [5.41, 5.74) is 7.54. The lowest BCUT2D eigenvalue weighted by Gasteiger charge is -2.13. The van der Waals surface area contributed by atoms with E-state index in [1.807, 2.05) is 19.9 Å². The Kier molecular flexibility index (Phi) is 8.21. The first-order valence-corrected chi connectivity index (χ1v) is 9.72. The Labute approximate surface area is 166 Å². The molecule has 3 rings (SSSR count). The van der Waals surface area contributed by atoms with Gasteiger partial charge in [-0.25, -0.2) is 16.8 Å². The summed E-state index contributed by atoms with van der Waals surface area (Å²) in [5, 5.41) is 0. The Hall–Kier alpha value is -2.15. The third-order valence-electron chi connectivity index (χ3n) is 3.87. The Balaban J connectivity index is 0.000000855. The van der Waals surface area contributed by atoms with Crippen LogP contribution >= 0.6 is 12.4 Å². The Morgan fingerprint density at radius 3 is 2.04 bits per heavy atom. The van der Waals surface area contributed by atoms with E-state index in [9.17, 15) is 12.8 Å². The largest absolute Gasteiger partial charge is 0.331 e. The average molecular weight is 411 g/mol. The fraction of sp³-hybridized carbons (Fsp3) is 0.200. The van der Waals surface area contributed by atoms with Gasteiger partial charge in [0.15, 0.2) is 0 Å². The van der Waals surface area contributed by atoms with Crippen molar-refractivity contribution < 1.29 is 12.8 Å². The Morgan fingerprint density at radius 2 is 1.52 bits per heavy atom. The van der Waals surface area contributed by atoms with Gasteiger partial charge in [-0.05, 0) is 74.0 Å². The third-order valence-corrected chi connectivity index (χ3v) is 5.69. The van der Waals surface area contributed by atoms with E-state index < -0.39 is 10.0 Å². The van der Waals surface area contributed by atoms with Crippen molar-refractivity contribution >= 4 is 22.4 Å². The topological polar surface area (TPSA) is 65.1 Å². The van der Waals surface area contributed by atoms with Gasteiger partial charge in [0.05, 0.1) is 10.6 Å². The predicted octanol–water partition coefficient (Wildman–Crippen LogP) is 4.53. The van der Waals surface area contributed by atoms with Crippen LogP contribution in [-0.2, 0) is 10.0 Å². The van der Waals surface area contributed by atoms with Crippen LogP contribution in [0.25, 0.3) is 11.3 Å². The smallest absolute Gasteiger partial charge is 0.268 e. The van der Waals surface area contributed by atoms with Gasteiger partial charge in [-0.3, -0.25) is 0 Å². The number of benzene rings is 2. The summed E-state index contributed by atoms with van der Waals surface area (Å²) in [6, 6.07) is 15.9. The molecule has 0 amide bonds. The molecule has 7 heteroatoms. The maximum absolute atomic E-state index is 13.2. The predicted molar refractivity (Wildman–Crippen MR) is 110 cm³/mol. The van der Waals surface area contributed by atoms with Crippen molar-refractivity contribution in [1.29, 1.82) is 0 Å². The molecule has 0 aliphatic rings. The van der Waals surface area contributed by atoms with E-state index in [1.54, 1.807) is 49.4 Å². The summed E-state index contributed by atoms with van der Waals surface area (Å²) in [7, 11) is -3.71. The first kappa shape index (κ1) is 22.9. The van der Waals surface area contributed by atoms with Crippen LogP contribution in [0.15, 0.2) is 65.6 Å². The molecule has 4 nitrogen and oxygen atoms in total. The summed E-state index contributed by atoms with van der Waals surface area (Å²) in [6.07, 6.45) is 0. The van der Waals surface area contributed by atoms with Gasteiger partial charge in [-0.1, -0.05) is 25.1 Å². The summed E-state index contributed by atoms with van der Waals surface area (Å²) in [6.45, 7) is 6.28. The molecule has 27 heavy (non-hydrogen) atoms. The average Bonchev–Trinajstić information content (AvgIpc) is 2.93. The summed E-state index contributed by atoms with van der Waals surface area (Å²) in [4.78, 5) is 0.224. The molecular weight excluding hydrogens is 387 g/mol. The summed E-state index contributed by atoms with van der Waals surface area (Å²) < 4.78 is 40.5. The molecule has 0 aliphatic carbocycles. The molecule has 0 saturated heterocycles. The monoisotopic (exact) mass is 410 g/mol. The number of hydrogen-bond donors (Lipinski definition) is 1. The third kappa shape index (κ3) is 4.97. The van der Waals surface area contributed by atoms with E-state index in [4.69, 9.17) is 5.73 Å². The molecule has 146 valence electrons. The van der Waals surface area contributed by atoms with E-state index in [1.165, 1.54) is 16.1 Å². The van der Waals surface area contributed by atoms with Crippen molar-refractivity contribution in [3.8, 4) is 11.3 Å². The molecule has 0 saturated carbocycles. The van der Waals surface area contributed by atoms with Crippen LogP contribution in [0.2, 0.25) is 0 Å². The zero-order chi connectivity index (χ0) is 19.3. The molecule has 0 spiro atoms. The second-order valence-corrected chi connectivity index (χ2v) is 7.58. The van der Waals surface area contributed by atoms with Crippen molar-refractivity contribution in [3.63, 3.8) is 0 Å². The quantitative estimate of drug-likeness (QED) is 0.689. The zero-order valence-electron chi connectivity index (χ0n) is 15.5. The van der Waals surface area contributed by atoms with Gasteiger partial charge in [-0.2, -0.15) is 0 Å². The lowest BCUT2D eigenvalue weighted by Crippen LogP contribution is -2.15. The van der Waals surface area contributed by atoms with Gasteiger partial charge in [-0.15, -0.1) is 12.4 Å². The number of nitrogens with two attached hydrogens (primary N) is 1. The van der Waals surface area contributed by atoms with E-state index in [2.05, 4.69) is 0 Å². The summed E-state index contributed by atoms with van der Waals surface area (Å²) in [5.74, 6) is -0.355. The number of aryl methyl sites for hydroxylation is 1.